The molecule has 0 aliphatic carbocycles. The number of carboxylic acids is 1. The molecule has 102 valence electrons. The summed E-state index contributed by atoms with van der Waals surface area (Å²) in [7, 11) is 0. The molecule has 2 N–H and O–H groups in total. The van der Waals surface area contributed by atoms with Crippen LogP contribution in [0, 0.1) is 5.92 Å². The topological polar surface area (TPSA) is 66.6 Å². The summed E-state index contributed by atoms with van der Waals surface area (Å²) in [4.78, 5) is 15.8. The lowest BCUT2D eigenvalue weighted by molar-refractivity contribution is 0.0690. The fourth-order valence-electron chi connectivity index (χ4n) is 2.30. The largest absolute Gasteiger partial charge is 0.476 e. The number of fused-ring (bicyclic) bond motifs is 1. The van der Waals surface area contributed by atoms with Crippen LogP contribution in [0.4, 0.5) is 5.82 Å². The highest BCUT2D eigenvalue weighted by Crippen LogP contribution is 2.19. The predicted octanol–water partition coefficient (Wildman–Crippen LogP) is 2.88. The van der Waals surface area contributed by atoms with Crippen molar-refractivity contribution in [2.75, 3.05) is 5.32 Å². The Labute approximate surface area is 112 Å². The van der Waals surface area contributed by atoms with Crippen LogP contribution in [0.2, 0.25) is 0 Å². The van der Waals surface area contributed by atoms with Gasteiger partial charge in [0.15, 0.2) is 11.5 Å². The molecule has 5 nitrogen and oxygen atoms in total. The zero-order valence-corrected chi connectivity index (χ0v) is 11.4. The van der Waals surface area contributed by atoms with Gasteiger partial charge in [0.05, 0.1) is 0 Å². The third kappa shape index (κ3) is 2.86. The quantitative estimate of drug-likeness (QED) is 0.868. The Morgan fingerprint density at radius 3 is 2.79 bits per heavy atom. The molecule has 0 aliphatic rings. The average Bonchev–Trinajstić information content (AvgIpc) is 2.64. The van der Waals surface area contributed by atoms with E-state index in [2.05, 4.69) is 24.1 Å². The molecule has 0 amide bonds. The number of nitrogens with zero attached hydrogens (tertiary/aromatic N) is 2. The summed E-state index contributed by atoms with van der Waals surface area (Å²) in [6.07, 6.45) is 2.68. The molecular weight excluding hydrogens is 242 g/mol. The minimum Gasteiger partial charge on any atom is -0.476 e. The van der Waals surface area contributed by atoms with E-state index >= 15 is 0 Å². The molecule has 5 heteroatoms. The van der Waals surface area contributed by atoms with Gasteiger partial charge in [0.2, 0.25) is 0 Å². The summed E-state index contributed by atoms with van der Waals surface area (Å²) in [5, 5.41) is 12.5. The minimum atomic E-state index is -0.974. The Balaban J connectivity index is 2.37. The van der Waals surface area contributed by atoms with Gasteiger partial charge in [-0.05, 0) is 31.4 Å². The molecule has 0 aromatic carbocycles. The van der Waals surface area contributed by atoms with Crippen LogP contribution in [0.25, 0.3) is 5.65 Å². The Bertz CT molecular complexity index is 589. The Kier molecular flexibility index (Phi) is 3.74. The van der Waals surface area contributed by atoms with E-state index in [1.165, 1.54) is 0 Å². The summed E-state index contributed by atoms with van der Waals surface area (Å²) >= 11 is 0. The second kappa shape index (κ2) is 5.30. The van der Waals surface area contributed by atoms with Crippen molar-refractivity contribution in [3.63, 3.8) is 0 Å². The molecule has 0 saturated carbocycles. The van der Waals surface area contributed by atoms with E-state index in [0.29, 0.717) is 17.4 Å². The van der Waals surface area contributed by atoms with Crippen molar-refractivity contribution in [3.05, 3.63) is 30.1 Å². The summed E-state index contributed by atoms with van der Waals surface area (Å²) in [5.74, 6) is 0.0117. The van der Waals surface area contributed by atoms with Gasteiger partial charge >= 0.3 is 5.97 Å². The fraction of sp³-hybridized carbons (Fsp3) is 0.429. The van der Waals surface area contributed by atoms with Gasteiger partial charge in [0.1, 0.15) is 5.65 Å². The minimum absolute atomic E-state index is 0.183. The van der Waals surface area contributed by atoms with Crippen molar-refractivity contribution in [1.82, 2.24) is 9.38 Å². The number of carbonyl (C=O) groups is 1. The van der Waals surface area contributed by atoms with Crippen LogP contribution in [-0.2, 0) is 0 Å². The lowest BCUT2D eigenvalue weighted by Gasteiger charge is -2.15. The van der Waals surface area contributed by atoms with Crippen LogP contribution in [0.5, 0.6) is 0 Å². The van der Waals surface area contributed by atoms with E-state index in [1.54, 1.807) is 22.7 Å². The Hall–Kier alpha value is -2.04. The first-order chi connectivity index (χ1) is 8.99. The molecule has 2 aromatic rings. The molecule has 2 rings (SSSR count). The summed E-state index contributed by atoms with van der Waals surface area (Å²) in [6.45, 7) is 6.32. The lowest BCUT2D eigenvalue weighted by Crippen LogP contribution is -2.19. The Morgan fingerprint density at radius 2 is 2.16 bits per heavy atom. The van der Waals surface area contributed by atoms with Crippen LogP contribution >= 0.6 is 0 Å². The zero-order valence-electron chi connectivity index (χ0n) is 11.4. The van der Waals surface area contributed by atoms with Crippen LogP contribution in [0.1, 0.15) is 37.7 Å². The molecule has 0 bridgehead atoms. The number of hydrogen-bond acceptors (Lipinski definition) is 3. The smallest absolute Gasteiger partial charge is 0.356 e. The van der Waals surface area contributed by atoms with E-state index in [-0.39, 0.29) is 11.7 Å². The van der Waals surface area contributed by atoms with Crippen LogP contribution in [-0.4, -0.2) is 26.5 Å². The van der Waals surface area contributed by atoms with Gasteiger partial charge in [-0.15, -0.1) is 0 Å². The van der Waals surface area contributed by atoms with Gasteiger partial charge in [0, 0.05) is 12.2 Å². The molecule has 0 spiro atoms. The lowest BCUT2D eigenvalue weighted by atomic mass is 10.1. The molecule has 19 heavy (non-hydrogen) atoms. The monoisotopic (exact) mass is 261 g/mol. The van der Waals surface area contributed by atoms with Gasteiger partial charge in [-0.2, -0.15) is 0 Å². The summed E-state index contributed by atoms with van der Waals surface area (Å²) < 4.78 is 1.59. The second-order valence-corrected chi connectivity index (χ2v) is 5.22. The van der Waals surface area contributed by atoms with Gasteiger partial charge in [-0.25, -0.2) is 9.78 Å². The normalized spacial score (nSPS) is 12.8. The molecule has 0 aliphatic heterocycles. The maximum Gasteiger partial charge on any atom is 0.356 e. The van der Waals surface area contributed by atoms with Gasteiger partial charge in [0.25, 0.3) is 0 Å². The maximum atomic E-state index is 11.4. The predicted molar refractivity (Wildman–Crippen MR) is 74.7 cm³/mol. The Morgan fingerprint density at radius 1 is 1.42 bits per heavy atom. The second-order valence-electron chi connectivity index (χ2n) is 5.22. The molecule has 1 unspecified atom stereocenters. The first-order valence-corrected chi connectivity index (χ1v) is 6.46. The first kappa shape index (κ1) is 13.4. The number of anilines is 1. The first-order valence-electron chi connectivity index (χ1n) is 6.46. The molecule has 0 saturated heterocycles. The number of hydrogen-bond donors (Lipinski definition) is 2. The SMILES string of the molecule is CC(C)CC(C)Nc1nc2ccccn2c1C(=O)O. The summed E-state index contributed by atoms with van der Waals surface area (Å²) in [6, 6.07) is 5.62. The standard InChI is InChI=1S/C14H19N3O2/c1-9(2)8-10(3)15-13-12(14(18)19)17-7-5-4-6-11(17)16-13/h4-7,9-10,15H,8H2,1-3H3,(H,18,19). The van der Waals surface area contributed by atoms with E-state index < -0.39 is 5.97 Å². The molecular formula is C14H19N3O2. The van der Waals surface area contributed by atoms with Crippen molar-refractivity contribution >= 4 is 17.4 Å². The fourth-order valence-corrected chi connectivity index (χ4v) is 2.30. The van der Waals surface area contributed by atoms with Crippen molar-refractivity contribution < 1.29 is 9.90 Å². The number of aromatic carboxylic acids is 1. The number of carboxylic acid groups (broad SMARTS) is 1. The summed E-state index contributed by atoms with van der Waals surface area (Å²) in [5.41, 5.74) is 0.824. The molecule has 0 fully saturated rings. The van der Waals surface area contributed by atoms with E-state index in [0.717, 1.165) is 6.42 Å². The number of nitrogens with one attached hydrogen (secondary N) is 1. The zero-order chi connectivity index (χ0) is 14.0. The third-order valence-electron chi connectivity index (χ3n) is 2.94. The molecule has 0 radical (unpaired) electrons. The highest BCUT2D eigenvalue weighted by molar-refractivity contribution is 5.93. The van der Waals surface area contributed by atoms with E-state index in [4.69, 9.17) is 0 Å². The number of pyridine rings is 1. The van der Waals surface area contributed by atoms with Crippen molar-refractivity contribution in [1.29, 1.82) is 0 Å². The maximum absolute atomic E-state index is 11.4. The van der Waals surface area contributed by atoms with Crippen molar-refractivity contribution in [2.24, 2.45) is 5.92 Å². The number of aromatic nitrogens is 2. The van der Waals surface area contributed by atoms with Gasteiger partial charge in [-0.3, -0.25) is 4.40 Å². The van der Waals surface area contributed by atoms with Crippen LogP contribution in [0.15, 0.2) is 24.4 Å². The van der Waals surface area contributed by atoms with E-state index in [1.807, 2.05) is 13.0 Å². The van der Waals surface area contributed by atoms with E-state index in [9.17, 15) is 9.90 Å². The molecule has 2 aromatic heterocycles. The molecule has 2 heterocycles. The van der Waals surface area contributed by atoms with Crippen molar-refractivity contribution in [3.8, 4) is 0 Å². The highest BCUT2D eigenvalue weighted by atomic mass is 16.4. The average molecular weight is 261 g/mol. The van der Waals surface area contributed by atoms with Crippen LogP contribution < -0.4 is 5.32 Å². The van der Waals surface area contributed by atoms with Crippen LogP contribution in [0.3, 0.4) is 0 Å². The number of imidazole rings is 1. The third-order valence-corrected chi connectivity index (χ3v) is 2.94. The van der Waals surface area contributed by atoms with Crippen molar-refractivity contribution in [2.45, 2.75) is 33.2 Å². The van der Waals surface area contributed by atoms with Gasteiger partial charge < -0.3 is 10.4 Å². The highest BCUT2D eigenvalue weighted by Gasteiger charge is 2.19. The number of rotatable bonds is 5. The van der Waals surface area contributed by atoms with Gasteiger partial charge in [-0.1, -0.05) is 19.9 Å². The molecule has 1 atom stereocenters.